The molecule has 0 spiro atoms. The van der Waals surface area contributed by atoms with Crippen molar-refractivity contribution in [2.45, 2.75) is 46.4 Å². The largest absolute Gasteiger partial charge is 0.472 e. The van der Waals surface area contributed by atoms with Crippen LogP contribution in [-0.2, 0) is 19.8 Å². The van der Waals surface area contributed by atoms with Crippen LogP contribution in [-0.4, -0.2) is 9.97 Å². The van der Waals surface area contributed by atoms with Gasteiger partial charge in [-0.15, -0.1) is 0 Å². The molecule has 4 rings (SSSR count). The Balaban J connectivity index is 1.70. The highest BCUT2D eigenvalue weighted by Crippen LogP contribution is 2.37. The summed E-state index contributed by atoms with van der Waals surface area (Å²) in [5.74, 6) is 1.32. The fraction of sp³-hybridized carbons (Fsp3) is 0.241. The summed E-state index contributed by atoms with van der Waals surface area (Å²) in [5.41, 5.74) is 4.46. The van der Waals surface area contributed by atoms with Crippen LogP contribution in [0.25, 0.3) is 0 Å². The third kappa shape index (κ3) is 6.66. The highest BCUT2D eigenvalue weighted by molar-refractivity contribution is 5.43. The van der Waals surface area contributed by atoms with Gasteiger partial charge in [-0.2, -0.15) is 14.9 Å². The zero-order chi connectivity index (χ0) is 25.3. The number of nitroso groups, excluding NO2 is 1. The third-order valence-electron chi connectivity index (χ3n) is 5.43. The molecule has 0 N–H and O–H groups in total. The summed E-state index contributed by atoms with van der Waals surface area (Å²) in [5, 5.41) is 3.00. The van der Waals surface area contributed by atoms with Gasteiger partial charge in [0.1, 0.15) is 25.5 Å². The minimum absolute atomic E-state index is 0.00914. The first-order valence-electron chi connectivity index (χ1n) is 11.8. The molecule has 0 aliphatic carbocycles. The van der Waals surface area contributed by atoms with E-state index in [1.165, 1.54) is 0 Å². The predicted octanol–water partition coefficient (Wildman–Crippen LogP) is 7.13. The van der Waals surface area contributed by atoms with Crippen molar-refractivity contribution in [1.29, 1.82) is 0 Å². The highest BCUT2D eigenvalue weighted by Gasteiger charge is 2.22. The molecular formula is C29H29N3O4. The molecule has 0 fully saturated rings. The molecule has 3 aromatic carbocycles. The van der Waals surface area contributed by atoms with Crippen molar-refractivity contribution < 1.29 is 14.2 Å². The Labute approximate surface area is 211 Å². The zero-order valence-electron chi connectivity index (χ0n) is 20.7. The summed E-state index contributed by atoms with van der Waals surface area (Å²) in [6.45, 7) is 6.71. The molecule has 7 heteroatoms. The van der Waals surface area contributed by atoms with Crippen LogP contribution in [0.4, 0.5) is 0 Å². The third-order valence-corrected chi connectivity index (χ3v) is 5.43. The number of aromatic nitrogens is 2. The fourth-order valence-corrected chi connectivity index (χ4v) is 3.77. The number of hydrogen-bond donors (Lipinski definition) is 0. The Bertz CT molecular complexity index is 1290. The second kappa shape index (κ2) is 11.9. The first-order chi connectivity index (χ1) is 17.5. The lowest BCUT2D eigenvalue weighted by atomic mass is 10.1. The van der Waals surface area contributed by atoms with E-state index in [0.717, 1.165) is 27.8 Å². The molecule has 36 heavy (non-hydrogen) atoms. The van der Waals surface area contributed by atoms with E-state index in [4.69, 9.17) is 14.2 Å². The van der Waals surface area contributed by atoms with Gasteiger partial charge in [-0.25, -0.2) is 0 Å². The summed E-state index contributed by atoms with van der Waals surface area (Å²) >= 11 is 0. The second-order valence-electron chi connectivity index (χ2n) is 8.78. The molecule has 0 amide bonds. The maximum atomic E-state index is 10.8. The minimum Gasteiger partial charge on any atom is -0.472 e. The molecule has 0 bridgehead atoms. The van der Waals surface area contributed by atoms with E-state index >= 15 is 0 Å². The zero-order valence-corrected chi connectivity index (χ0v) is 20.7. The van der Waals surface area contributed by atoms with Crippen molar-refractivity contribution in [2.24, 2.45) is 5.18 Å². The molecule has 0 aliphatic heterocycles. The van der Waals surface area contributed by atoms with E-state index < -0.39 is 0 Å². The highest BCUT2D eigenvalue weighted by atomic mass is 16.5. The van der Waals surface area contributed by atoms with E-state index in [0.29, 0.717) is 30.7 Å². The Morgan fingerprint density at radius 1 is 0.778 bits per heavy atom. The van der Waals surface area contributed by atoms with Gasteiger partial charge in [-0.3, -0.25) is 0 Å². The van der Waals surface area contributed by atoms with Crippen LogP contribution in [0, 0.1) is 11.8 Å². The van der Waals surface area contributed by atoms with Gasteiger partial charge < -0.3 is 14.2 Å². The lowest BCUT2D eigenvalue weighted by Crippen LogP contribution is -2.09. The lowest BCUT2D eigenvalue weighted by molar-refractivity contribution is 0.249. The second-order valence-corrected chi connectivity index (χ2v) is 8.78. The van der Waals surface area contributed by atoms with Gasteiger partial charge >= 0.3 is 6.01 Å². The summed E-state index contributed by atoms with van der Waals surface area (Å²) < 4.78 is 18.4. The average molecular weight is 484 g/mol. The Hall–Kier alpha value is -4.26. The van der Waals surface area contributed by atoms with Crippen molar-refractivity contribution in [1.82, 2.24) is 9.97 Å². The van der Waals surface area contributed by atoms with Crippen LogP contribution in [0.3, 0.4) is 0 Å². The molecule has 7 nitrogen and oxygen atoms in total. The van der Waals surface area contributed by atoms with Crippen molar-refractivity contribution in [2.75, 3.05) is 0 Å². The SMILES string of the molecule is Cc1cc(CN=O)cc(Oc2nc(OCc3ccccc3)nc(OCc3ccccc3)c2C(C)C)c1. The number of nitrogens with zero attached hydrogens (tertiary/aromatic N) is 3. The number of rotatable bonds is 11. The average Bonchev–Trinajstić information content (AvgIpc) is 2.87. The summed E-state index contributed by atoms with van der Waals surface area (Å²) in [6, 6.07) is 25.4. The van der Waals surface area contributed by atoms with Crippen LogP contribution in [0.15, 0.2) is 84.0 Å². The fourth-order valence-electron chi connectivity index (χ4n) is 3.77. The van der Waals surface area contributed by atoms with Crippen LogP contribution in [0.5, 0.6) is 23.5 Å². The van der Waals surface area contributed by atoms with E-state index in [1.54, 1.807) is 6.07 Å². The molecular weight excluding hydrogens is 454 g/mol. The Morgan fingerprint density at radius 2 is 1.39 bits per heavy atom. The molecule has 0 unspecified atom stereocenters. The van der Waals surface area contributed by atoms with Gasteiger partial charge in [-0.05, 0) is 47.2 Å². The maximum absolute atomic E-state index is 10.8. The first-order valence-corrected chi connectivity index (χ1v) is 11.8. The minimum atomic E-state index is 0.00914. The maximum Gasteiger partial charge on any atom is 0.323 e. The Kier molecular flexibility index (Phi) is 8.24. The van der Waals surface area contributed by atoms with E-state index in [-0.39, 0.29) is 18.5 Å². The standard InChI is InChI=1S/C29H29N3O4/c1-20(2)26-27(34-18-22-10-6-4-7-11-22)31-29(35-19-23-12-8-5-9-13-23)32-28(26)36-25-15-21(3)14-24(16-25)17-30-33/h4-16,20H,17-19H2,1-3H3. The number of ether oxygens (including phenoxy) is 3. The van der Waals surface area contributed by atoms with Gasteiger partial charge in [0.15, 0.2) is 0 Å². The van der Waals surface area contributed by atoms with Crippen LogP contribution >= 0.6 is 0 Å². The van der Waals surface area contributed by atoms with Crippen molar-refractivity contribution in [3.05, 3.63) is 112 Å². The van der Waals surface area contributed by atoms with Crippen LogP contribution in [0.2, 0.25) is 0 Å². The monoisotopic (exact) mass is 483 g/mol. The van der Waals surface area contributed by atoms with Crippen molar-refractivity contribution in [3.63, 3.8) is 0 Å². The van der Waals surface area contributed by atoms with E-state index in [1.807, 2.05) is 93.6 Å². The molecule has 1 aromatic heterocycles. The molecule has 0 aliphatic rings. The number of benzene rings is 3. The predicted molar refractivity (Wildman–Crippen MR) is 138 cm³/mol. The van der Waals surface area contributed by atoms with Gasteiger partial charge in [0.05, 0.1) is 5.56 Å². The van der Waals surface area contributed by atoms with Crippen LogP contribution in [0.1, 0.15) is 47.6 Å². The van der Waals surface area contributed by atoms with E-state index in [2.05, 4.69) is 15.1 Å². The normalized spacial score (nSPS) is 10.8. The van der Waals surface area contributed by atoms with Crippen molar-refractivity contribution in [3.8, 4) is 23.5 Å². The molecule has 0 saturated carbocycles. The van der Waals surface area contributed by atoms with Gasteiger partial charge in [0.25, 0.3) is 0 Å². The molecule has 0 saturated heterocycles. The lowest BCUT2D eigenvalue weighted by Gasteiger charge is -2.18. The van der Waals surface area contributed by atoms with E-state index in [9.17, 15) is 4.91 Å². The van der Waals surface area contributed by atoms with Crippen molar-refractivity contribution >= 4 is 0 Å². The summed E-state index contributed by atoms with van der Waals surface area (Å²) in [4.78, 5) is 20.0. The van der Waals surface area contributed by atoms with Gasteiger partial charge in [0.2, 0.25) is 11.8 Å². The summed E-state index contributed by atoms with van der Waals surface area (Å²) in [6.07, 6.45) is 0. The van der Waals surface area contributed by atoms with Gasteiger partial charge in [-0.1, -0.05) is 85.8 Å². The molecule has 184 valence electrons. The number of aryl methyl sites for hydroxylation is 1. The molecule has 0 atom stereocenters. The van der Waals surface area contributed by atoms with Crippen LogP contribution < -0.4 is 14.2 Å². The Morgan fingerprint density at radius 3 is 2.00 bits per heavy atom. The molecule has 1 heterocycles. The smallest absolute Gasteiger partial charge is 0.323 e. The van der Waals surface area contributed by atoms with Gasteiger partial charge in [0, 0.05) is 0 Å². The molecule has 4 aromatic rings. The first kappa shape index (κ1) is 24.9. The topological polar surface area (TPSA) is 82.9 Å². The molecule has 0 radical (unpaired) electrons. The number of hydrogen-bond acceptors (Lipinski definition) is 7. The quantitative estimate of drug-likeness (QED) is 0.211. The summed E-state index contributed by atoms with van der Waals surface area (Å²) in [7, 11) is 0.